The fourth-order valence-electron chi connectivity index (χ4n) is 7.23. The van der Waals surface area contributed by atoms with Gasteiger partial charge in [0, 0.05) is 6.61 Å². The molecule has 2 fully saturated rings. The molecule has 0 aliphatic heterocycles. The van der Waals surface area contributed by atoms with Gasteiger partial charge in [-0.2, -0.15) is 0 Å². The van der Waals surface area contributed by atoms with Gasteiger partial charge in [-0.3, -0.25) is 9.98 Å². The van der Waals surface area contributed by atoms with E-state index in [0.717, 1.165) is 19.4 Å². The zero-order valence-electron chi connectivity index (χ0n) is 28.0. The predicted molar refractivity (Wildman–Crippen MR) is 179 cm³/mol. The van der Waals surface area contributed by atoms with Crippen molar-refractivity contribution in [2.45, 2.75) is 145 Å². The summed E-state index contributed by atoms with van der Waals surface area (Å²) in [4.78, 5) is 11.3. The van der Waals surface area contributed by atoms with Crippen LogP contribution in [-0.4, -0.2) is 38.4 Å². The zero-order chi connectivity index (χ0) is 30.6. The molecular weight excluding hydrogens is 598 g/mol. The molecule has 2 rings (SSSR count). The van der Waals surface area contributed by atoms with Gasteiger partial charge in [0.05, 0.1) is 23.5 Å². The second kappa shape index (κ2) is 19.1. The summed E-state index contributed by atoms with van der Waals surface area (Å²) in [5, 5.41) is 0. The van der Waals surface area contributed by atoms with E-state index < -0.39 is 8.32 Å². The van der Waals surface area contributed by atoms with E-state index in [1.54, 1.807) is 0 Å². The van der Waals surface area contributed by atoms with Gasteiger partial charge in [-0.25, -0.2) is 0 Å². The van der Waals surface area contributed by atoms with Crippen molar-refractivity contribution in [2.75, 3.05) is 6.61 Å². The summed E-state index contributed by atoms with van der Waals surface area (Å²) in [6, 6.07) is 0.866. The molecule has 0 aromatic rings. The minimum atomic E-state index is -1.50. The van der Waals surface area contributed by atoms with Crippen LogP contribution in [0.5, 0.6) is 0 Å². The molecule has 2 saturated carbocycles. The molecule has 0 N–H and O–H groups in total. The van der Waals surface area contributed by atoms with E-state index in [1.165, 1.54) is 49.9 Å². The third kappa shape index (κ3) is 13.1. The van der Waals surface area contributed by atoms with Crippen molar-refractivity contribution in [2.24, 2.45) is 57.3 Å². The first-order chi connectivity index (χ1) is 18.6. The van der Waals surface area contributed by atoms with Gasteiger partial charge in [0.2, 0.25) is 0 Å². The average molecular weight is 663 g/mol. The van der Waals surface area contributed by atoms with Crippen molar-refractivity contribution >= 4 is 40.1 Å². The van der Waals surface area contributed by atoms with Gasteiger partial charge >= 0.3 is 33.0 Å². The van der Waals surface area contributed by atoms with Gasteiger partial charge in [0.25, 0.3) is 0 Å². The van der Waals surface area contributed by atoms with Crippen LogP contribution in [0.25, 0.3) is 0 Å². The molecule has 4 atom stereocenters. The standard InChI is InChI=1S/C33H64N2OSi.2ClH.Ni/c1-22(2)27-16-13-17-28(23(3)4)32(27)34-26(9)31(20-15-21-36-37(10,11)12)35-33-29(24(5)6)18-14-19-30(33)25(7)8;;;/h22-25,27-30,32-33H,13-21H2,1-12H3;2*1H;/q;;;+2/p-2. The molecule has 2 aliphatic rings. The third-order valence-corrected chi connectivity index (χ3v) is 10.6. The zero-order valence-corrected chi connectivity index (χ0v) is 31.5. The number of hydrogen-bond donors (Lipinski definition) is 0. The van der Waals surface area contributed by atoms with Crippen LogP contribution in [0.1, 0.15) is 114 Å². The second-order valence-corrected chi connectivity index (χ2v) is 21.0. The topological polar surface area (TPSA) is 34.0 Å². The summed E-state index contributed by atoms with van der Waals surface area (Å²) in [6.45, 7) is 29.3. The van der Waals surface area contributed by atoms with Crippen LogP contribution >= 0.6 is 20.4 Å². The molecule has 0 heterocycles. The van der Waals surface area contributed by atoms with Crippen molar-refractivity contribution < 1.29 is 17.1 Å². The molecule has 0 aromatic heterocycles. The van der Waals surface area contributed by atoms with E-state index in [0.29, 0.717) is 72.1 Å². The Bertz CT molecular complexity index is 734. The van der Waals surface area contributed by atoms with Crippen molar-refractivity contribution in [3.05, 3.63) is 0 Å². The second-order valence-electron chi connectivity index (χ2n) is 14.9. The molecule has 0 spiro atoms. The molecular formula is C33H64Cl2N2NiOSi. The normalized spacial score (nSPS) is 28.9. The van der Waals surface area contributed by atoms with Gasteiger partial charge in [-0.1, -0.05) is 68.2 Å². The van der Waals surface area contributed by atoms with Gasteiger partial charge in [-0.15, -0.1) is 0 Å². The van der Waals surface area contributed by atoms with E-state index in [2.05, 4.69) is 82.0 Å². The third-order valence-electron chi connectivity index (χ3n) is 9.49. The summed E-state index contributed by atoms with van der Waals surface area (Å²) in [7, 11) is 7.90. The summed E-state index contributed by atoms with van der Waals surface area (Å²) in [6.07, 6.45) is 10.1. The van der Waals surface area contributed by atoms with E-state index in [4.69, 9.17) is 34.8 Å². The Labute approximate surface area is 265 Å². The molecule has 0 amide bonds. The molecule has 0 bridgehead atoms. The summed E-state index contributed by atoms with van der Waals surface area (Å²) < 4.78 is 6.26. The van der Waals surface area contributed by atoms with E-state index in [9.17, 15) is 0 Å². The Morgan fingerprint density at radius 3 is 1.40 bits per heavy atom. The Kier molecular flexibility index (Phi) is 18.4. The quantitative estimate of drug-likeness (QED) is 0.116. The molecule has 2 aliphatic carbocycles. The SMILES string of the molecule is CC(=NC1C(C(C)C)CCCC1C(C)C)C(CCCO[Si](C)(C)C)=NC1C(C(C)C)CCCC1C(C)C.[Cl][Ni][Cl]. The molecule has 0 aromatic carbocycles. The van der Waals surface area contributed by atoms with Crippen LogP contribution in [0.3, 0.4) is 0 Å². The van der Waals surface area contributed by atoms with Crippen molar-refractivity contribution in [1.29, 1.82) is 0 Å². The predicted octanol–water partition coefficient (Wildman–Crippen LogP) is 11.1. The van der Waals surface area contributed by atoms with Crippen LogP contribution in [0.2, 0.25) is 19.6 Å². The van der Waals surface area contributed by atoms with Gasteiger partial charge in [0.1, 0.15) is 0 Å². The number of nitrogens with zero attached hydrogens (tertiary/aromatic N) is 2. The molecule has 40 heavy (non-hydrogen) atoms. The van der Waals surface area contributed by atoms with E-state index in [1.807, 2.05) is 0 Å². The maximum absolute atomic E-state index is 6.26. The summed E-state index contributed by atoms with van der Waals surface area (Å²) >= 11 is 0.569. The van der Waals surface area contributed by atoms with Crippen LogP contribution in [0, 0.1) is 47.3 Å². The first-order valence-corrected chi connectivity index (χ1v) is 22.3. The monoisotopic (exact) mass is 660 g/mol. The molecule has 0 radical (unpaired) electrons. The fourth-order valence-corrected chi connectivity index (χ4v) is 7.98. The van der Waals surface area contributed by atoms with E-state index in [-0.39, 0.29) is 0 Å². The molecule has 4 unspecified atom stereocenters. The van der Waals surface area contributed by atoms with Crippen molar-refractivity contribution in [3.63, 3.8) is 0 Å². The first kappa shape index (κ1) is 38.6. The van der Waals surface area contributed by atoms with E-state index >= 15 is 0 Å². The number of rotatable bonds is 12. The Balaban J connectivity index is 0.00000254. The number of hydrogen-bond acceptors (Lipinski definition) is 3. The van der Waals surface area contributed by atoms with Gasteiger partial charge in [-0.05, 0) is 112 Å². The molecule has 0 saturated heterocycles. The molecule has 240 valence electrons. The number of aliphatic imine (C=N–C) groups is 2. The average Bonchev–Trinajstić information content (AvgIpc) is 2.85. The molecule has 3 nitrogen and oxygen atoms in total. The van der Waals surface area contributed by atoms with Crippen LogP contribution in [0.15, 0.2) is 9.98 Å². The Morgan fingerprint density at radius 1 is 0.725 bits per heavy atom. The summed E-state index contributed by atoms with van der Waals surface area (Å²) in [5.41, 5.74) is 2.52. The number of halogens is 2. The van der Waals surface area contributed by atoms with Crippen molar-refractivity contribution in [3.8, 4) is 0 Å². The Morgan fingerprint density at radius 2 is 1.07 bits per heavy atom. The van der Waals surface area contributed by atoms with Crippen LogP contribution in [0.4, 0.5) is 0 Å². The first-order valence-electron chi connectivity index (χ1n) is 16.2. The fraction of sp³-hybridized carbons (Fsp3) is 0.939. The van der Waals surface area contributed by atoms with Crippen molar-refractivity contribution in [1.82, 2.24) is 0 Å². The minimum absolute atomic E-state index is 0.431. The maximum atomic E-state index is 6.26. The van der Waals surface area contributed by atoms with Gasteiger partial charge in [0.15, 0.2) is 8.32 Å². The Hall–Kier alpha value is 0.590. The van der Waals surface area contributed by atoms with Gasteiger partial charge < -0.3 is 4.43 Å². The summed E-state index contributed by atoms with van der Waals surface area (Å²) in [5.74, 6) is 5.47. The van der Waals surface area contributed by atoms with Crippen LogP contribution in [-0.2, 0) is 17.1 Å². The van der Waals surface area contributed by atoms with Crippen LogP contribution < -0.4 is 0 Å². The molecule has 7 heteroatoms.